The van der Waals surface area contributed by atoms with Crippen molar-refractivity contribution in [2.24, 2.45) is 0 Å². The van der Waals surface area contributed by atoms with E-state index in [2.05, 4.69) is 39.2 Å². The molecule has 0 aliphatic heterocycles. The molecule has 2 amide bonds. The van der Waals surface area contributed by atoms with Crippen LogP contribution in [0, 0.1) is 6.92 Å². The minimum absolute atomic E-state index is 0.0699. The van der Waals surface area contributed by atoms with Crippen molar-refractivity contribution in [2.45, 2.75) is 12.8 Å². The van der Waals surface area contributed by atoms with Gasteiger partial charge in [0.15, 0.2) is 0 Å². The highest BCUT2D eigenvalue weighted by Gasteiger charge is 2.20. The summed E-state index contributed by atoms with van der Waals surface area (Å²) in [5.41, 5.74) is 4.17. The number of H-pyrrole nitrogens is 1. The fourth-order valence-corrected chi connectivity index (χ4v) is 5.07. The molecule has 164 valence electrons. The first-order chi connectivity index (χ1) is 15.6. The lowest BCUT2D eigenvalue weighted by molar-refractivity contribution is -0.118. The number of amides is 2. The van der Waals surface area contributed by atoms with Crippen molar-refractivity contribution in [3.63, 3.8) is 0 Å². The van der Waals surface area contributed by atoms with Gasteiger partial charge in [-0.3, -0.25) is 9.59 Å². The number of carbonyl (C=O) groups is 2. The first kappa shape index (κ1) is 22.2. The molecule has 0 spiro atoms. The molecule has 2 aromatic carbocycles. The number of para-hydroxylation sites is 1. The summed E-state index contributed by atoms with van der Waals surface area (Å²) in [5.74, 6) is 0.371. The maximum Gasteiger partial charge on any atom is 0.234 e. The molecule has 0 bridgehead atoms. The van der Waals surface area contributed by atoms with Gasteiger partial charge in [-0.1, -0.05) is 42.0 Å². The van der Waals surface area contributed by atoms with E-state index in [1.165, 1.54) is 27.6 Å². The molecule has 2 heterocycles. The molecular formula is C25H25N3O2S2. The summed E-state index contributed by atoms with van der Waals surface area (Å²) in [4.78, 5) is 29.1. The topological polar surface area (TPSA) is 74.0 Å². The van der Waals surface area contributed by atoms with Gasteiger partial charge in [0, 0.05) is 40.1 Å². The zero-order valence-corrected chi connectivity index (χ0v) is 19.4. The molecule has 7 heteroatoms. The minimum Gasteiger partial charge on any atom is -0.361 e. The van der Waals surface area contributed by atoms with Crippen LogP contribution in [0.1, 0.15) is 21.9 Å². The van der Waals surface area contributed by atoms with Crippen LogP contribution in [0.4, 0.5) is 5.69 Å². The van der Waals surface area contributed by atoms with Crippen LogP contribution in [0.3, 0.4) is 0 Å². The molecule has 1 atom stereocenters. The molecule has 0 aliphatic rings. The Hall–Kier alpha value is -3.03. The lowest BCUT2D eigenvalue weighted by Crippen LogP contribution is -2.30. The molecule has 0 saturated heterocycles. The highest BCUT2D eigenvalue weighted by atomic mass is 32.2. The van der Waals surface area contributed by atoms with E-state index in [-0.39, 0.29) is 29.2 Å². The Morgan fingerprint density at radius 2 is 1.78 bits per heavy atom. The van der Waals surface area contributed by atoms with E-state index < -0.39 is 0 Å². The predicted molar refractivity (Wildman–Crippen MR) is 135 cm³/mol. The summed E-state index contributed by atoms with van der Waals surface area (Å²) in [6, 6.07) is 20.0. The number of benzene rings is 2. The Bertz CT molecular complexity index is 1180. The van der Waals surface area contributed by atoms with Crippen LogP contribution in [-0.4, -0.2) is 34.8 Å². The monoisotopic (exact) mass is 463 g/mol. The number of carbonyl (C=O) groups excluding carboxylic acids is 2. The van der Waals surface area contributed by atoms with Crippen LogP contribution >= 0.6 is 23.1 Å². The second-order valence-electron chi connectivity index (χ2n) is 7.57. The normalized spacial score (nSPS) is 11.9. The van der Waals surface area contributed by atoms with Gasteiger partial charge in [-0.15, -0.1) is 23.1 Å². The van der Waals surface area contributed by atoms with Gasteiger partial charge in [-0.2, -0.15) is 0 Å². The Morgan fingerprint density at radius 3 is 2.56 bits per heavy atom. The smallest absolute Gasteiger partial charge is 0.234 e. The quantitative estimate of drug-likeness (QED) is 0.321. The molecule has 3 N–H and O–H groups in total. The van der Waals surface area contributed by atoms with Crippen molar-refractivity contribution in [3.05, 3.63) is 88.2 Å². The van der Waals surface area contributed by atoms with E-state index in [0.717, 1.165) is 16.8 Å². The van der Waals surface area contributed by atoms with Crippen LogP contribution < -0.4 is 10.6 Å². The lowest BCUT2D eigenvalue weighted by atomic mass is 9.96. The summed E-state index contributed by atoms with van der Waals surface area (Å²) >= 11 is 3.00. The summed E-state index contributed by atoms with van der Waals surface area (Å²) < 4.78 is 0. The number of aromatic amines is 1. The second-order valence-corrected chi connectivity index (χ2v) is 9.53. The van der Waals surface area contributed by atoms with Crippen LogP contribution in [-0.2, 0) is 9.59 Å². The molecule has 1 unspecified atom stereocenters. The number of fused-ring (bicyclic) bond motifs is 1. The molecular weight excluding hydrogens is 438 g/mol. The van der Waals surface area contributed by atoms with E-state index in [9.17, 15) is 9.59 Å². The van der Waals surface area contributed by atoms with Gasteiger partial charge in [-0.05, 0) is 42.1 Å². The van der Waals surface area contributed by atoms with Crippen molar-refractivity contribution >= 4 is 51.5 Å². The van der Waals surface area contributed by atoms with Crippen molar-refractivity contribution in [1.82, 2.24) is 10.3 Å². The Kier molecular flexibility index (Phi) is 7.29. The SMILES string of the molecule is Cc1ccc(NC(=O)CSCC(=O)NCC(c2cccs2)c2c[nH]c3ccccc23)cc1. The summed E-state index contributed by atoms with van der Waals surface area (Å²) in [6.45, 7) is 2.51. The van der Waals surface area contributed by atoms with E-state index in [0.29, 0.717) is 6.54 Å². The summed E-state index contributed by atoms with van der Waals surface area (Å²) in [6.07, 6.45) is 2.03. The summed E-state index contributed by atoms with van der Waals surface area (Å²) in [5, 5.41) is 9.13. The third-order valence-corrected chi connectivity index (χ3v) is 7.11. The highest BCUT2D eigenvalue weighted by Crippen LogP contribution is 2.32. The lowest BCUT2D eigenvalue weighted by Gasteiger charge is -2.16. The Balaban J connectivity index is 1.30. The zero-order chi connectivity index (χ0) is 22.3. The number of aromatic nitrogens is 1. The zero-order valence-electron chi connectivity index (χ0n) is 17.8. The van der Waals surface area contributed by atoms with Crippen molar-refractivity contribution in [2.75, 3.05) is 23.4 Å². The third kappa shape index (κ3) is 5.60. The van der Waals surface area contributed by atoms with E-state index >= 15 is 0 Å². The van der Waals surface area contributed by atoms with Crippen molar-refractivity contribution in [1.29, 1.82) is 0 Å². The molecule has 0 radical (unpaired) electrons. The van der Waals surface area contributed by atoms with Crippen LogP contribution in [0.2, 0.25) is 0 Å². The number of thioether (sulfide) groups is 1. The van der Waals surface area contributed by atoms with E-state index in [1.807, 2.05) is 55.6 Å². The number of nitrogens with one attached hydrogen (secondary N) is 3. The highest BCUT2D eigenvalue weighted by molar-refractivity contribution is 8.00. The Labute approximate surface area is 195 Å². The molecule has 4 rings (SSSR count). The van der Waals surface area contributed by atoms with Gasteiger partial charge in [-0.25, -0.2) is 0 Å². The molecule has 2 aromatic heterocycles. The van der Waals surface area contributed by atoms with Gasteiger partial charge in [0.25, 0.3) is 0 Å². The molecule has 32 heavy (non-hydrogen) atoms. The van der Waals surface area contributed by atoms with Gasteiger partial charge < -0.3 is 15.6 Å². The number of anilines is 1. The van der Waals surface area contributed by atoms with Gasteiger partial charge in [0.1, 0.15) is 0 Å². The summed E-state index contributed by atoms with van der Waals surface area (Å²) in [7, 11) is 0. The van der Waals surface area contributed by atoms with E-state index in [1.54, 1.807) is 11.3 Å². The van der Waals surface area contributed by atoms with Crippen LogP contribution in [0.15, 0.2) is 72.2 Å². The number of hydrogen-bond acceptors (Lipinski definition) is 4. The van der Waals surface area contributed by atoms with Crippen molar-refractivity contribution in [3.8, 4) is 0 Å². The van der Waals surface area contributed by atoms with Crippen molar-refractivity contribution < 1.29 is 9.59 Å². The van der Waals surface area contributed by atoms with Gasteiger partial charge in [0.05, 0.1) is 11.5 Å². The van der Waals surface area contributed by atoms with Crippen LogP contribution in [0.25, 0.3) is 10.9 Å². The second kappa shape index (κ2) is 10.5. The van der Waals surface area contributed by atoms with Crippen LogP contribution in [0.5, 0.6) is 0 Å². The fraction of sp³-hybridized carbons (Fsp3) is 0.200. The number of thiophene rings is 1. The largest absolute Gasteiger partial charge is 0.361 e. The maximum absolute atomic E-state index is 12.5. The third-order valence-electron chi connectivity index (χ3n) is 5.19. The first-order valence-corrected chi connectivity index (χ1v) is 12.4. The number of rotatable bonds is 9. The molecule has 0 aliphatic carbocycles. The fourth-order valence-electron chi connectivity index (χ4n) is 3.57. The number of hydrogen-bond donors (Lipinski definition) is 3. The van der Waals surface area contributed by atoms with Gasteiger partial charge in [0.2, 0.25) is 11.8 Å². The Morgan fingerprint density at radius 1 is 1.00 bits per heavy atom. The molecule has 0 saturated carbocycles. The average molecular weight is 464 g/mol. The minimum atomic E-state index is -0.109. The maximum atomic E-state index is 12.5. The molecule has 4 aromatic rings. The standard InChI is InChI=1S/C25H25N3O2S2/c1-17-8-10-18(11-9-17)28-25(30)16-31-15-24(29)27-14-21(23-7-4-12-32-23)20-13-26-22-6-3-2-5-19(20)22/h2-13,21,26H,14-16H2,1H3,(H,27,29)(H,28,30). The first-order valence-electron chi connectivity index (χ1n) is 10.4. The van der Waals surface area contributed by atoms with E-state index in [4.69, 9.17) is 0 Å². The number of aryl methyl sites for hydroxylation is 1. The van der Waals surface area contributed by atoms with Gasteiger partial charge >= 0.3 is 0 Å². The molecule has 5 nitrogen and oxygen atoms in total. The average Bonchev–Trinajstić information content (AvgIpc) is 3.47. The predicted octanol–water partition coefficient (Wildman–Crippen LogP) is 5.16. The molecule has 0 fully saturated rings.